The zero-order valence-corrected chi connectivity index (χ0v) is 12.2. The van der Waals surface area contributed by atoms with Crippen molar-refractivity contribution in [2.45, 2.75) is 6.54 Å². The quantitative estimate of drug-likeness (QED) is 0.884. The number of hydrogen-bond acceptors (Lipinski definition) is 4. The van der Waals surface area contributed by atoms with Gasteiger partial charge in [-0.2, -0.15) is 0 Å². The van der Waals surface area contributed by atoms with Crippen LogP contribution in [-0.4, -0.2) is 29.1 Å². The summed E-state index contributed by atoms with van der Waals surface area (Å²) in [5, 5.41) is 2.71. The summed E-state index contributed by atoms with van der Waals surface area (Å²) >= 11 is 0. The van der Waals surface area contributed by atoms with Crippen molar-refractivity contribution in [2.24, 2.45) is 10.7 Å². The predicted octanol–water partition coefficient (Wildman–Crippen LogP) is 1.63. The Kier molecular flexibility index (Phi) is 2.99. The number of amidine groups is 1. The van der Waals surface area contributed by atoms with E-state index in [1.54, 1.807) is 11.0 Å². The summed E-state index contributed by atoms with van der Waals surface area (Å²) < 4.78 is 0. The van der Waals surface area contributed by atoms with Crippen molar-refractivity contribution in [3.63, 3.8) is 0 Å². The number of hydrogen-bond donors (Lipinski definition) is 2. The second kappa shape index (κ2) is 5.03. The van der Waals surface area contributed by atoms with Crippen molar-refractivity contribution in [1.82, 2.24) is 4.90 Å². The Morgan fingerprint density at radius 3 is 2.78 bits per heavy atom. The standard InChI is InChI=1S/C17H14N4O2/c18-8-15(22)19-11-5-6-14-10(7-11)9-21-16(20-14)12-3-1-2-4-13(12)17(21)23/h1-7H,8-9,18H2,(H,19,22). The summed E-state index contributed by atoms with van der Waals surface area (Å²) in [5.41, 5.74) is 9.21. The fourth-order valence-electron chi connectivity index (χ4n) is 2.91. The van der Waals surface area contributed by atoms with Gasteiger partial charge < -0.3 is 11.1 Å². The number of fused-ring (bicyclic) bond motifs is 4. The van der Waals surface area contributed by atoms with Crippen molar-refractivity contribution in [3.8, 4) is 0 Å². The number of amides is 2. The maximum absolute atomic E-state index is 12.5. The molecule has 0 aromatic heterocycles. The third-order valence-electron chi connectivity index (χ3n) is 4.00. The zero-order valence-electron chi connectivity index (χ0n) is 12.2. The lowest BCUT2D eigenvalue weighted by Gasteiger charge is -2.23. The molecule has 2 aliphatic heterocycles. The van der Waals surface area contributed by atoms with Crippen LogP contribution in [0.1, 0.15) is 21.5 Å². The number of carbonyl (C=O) groups is 2. The molecular weight excluding hydrogens is 292 g/mol. The monoisotopic (exact) mass is 306 g/mol. The first-order valence-electron chi connectivity index (χ1n) is 7.30. The van der Waals surface area contributed by atoms with E-state index in [0.29, 0.717) is 23.6 Å². The Morgan fingerprint density at radius 2 is 2.00 bits per heavy atom. The summed E-state index contributed by atoms with van der Waals surface area (Å²) in [4.78, 5) is 30.2. The third kappa shape index (κ3) is 2.11. The smallest absolute Gasteiger partial charge is 0.260 e. The summed E-state index contributed by atoms with van der Waals surface area (Å²) in [6.45, 7) is 0.368. The SMILES string of the molecule is NCC(=O)Nc1ccc2c(c1)CN1C(=O)c3ccccc3C1=N2. The largest absolute Gasteiger partial charge is 0.325 e. The van der Waals surface area contributed by atoms with Gasteiger partial charge in [-0.25, -0.2) is 4.99 Å². The molecule has 0 saturated carbocycles. The number of benzene rings is 2. The van der Waals surface area contributed by atoms with E-state index in [9.17, 15) is 9.59 Å². The summed E-state index contributed by atoms with van der Waals surface area (Å²) in [5.74, 6) is 0.396. The lowest BCUT2D eigenvalue weighted by Crippen LogP contribution is -2.32. The Bertz CT molecular complexity index is 873. The van der Waals surface area contributed by atoms with Gasteiger partial charge in [-0.3, -0.25) is 14.5 Å². The van der Waals surface area contributed by atoms with Crippen LogP contribution in [0.3, 0.4) is 0 Å². The van der Waals surface area contributed by atoms with Gasteiger partial charge >= 0.3 is 0 Å². The summed E-state index contributed by atoms with van der Waals surface area (Å²) in [7, 11) is 0. The van der Waals surface area contributed by atoms with Crippen LogP contribution in [0.4, 0.5) is 11.4 Å². The van der Waals surface area contributed by atoms with Gasteiger partial charge in [-0.05, 0) is 29.8 Å². The van der Waals surface area contributed by atoms with Gasteiger partial charge in [-0.1, -0.05) is 18.2 Å². The molecular formula is C17H14N4O2. The zero-order chi connectivity index (χ0) is 16.0. The highest BCUT2D eigenvalue weighted by molar-refractivity contribution is 6.24. The van der Waals surface area contributed by atoms with Crippen LogP contribution in [0.15, 0.2) is 47.5 Å². The number of nitrogens with zero attached hydrogens (tertiary/aromatic N) is 2. The Morgan fingerprint density at radius 1 is 1.22 bits per heavy atom. The molecule has 0 aliphatic carbocycles. The number of nitrogens with one attached hydrogen (secondary N) is 1. The topological polar surface area (TPSA) is 87.8 Å². The second-order valence-corrected chi connectivity index (χ2v) is 5.47. The first-order chi connectivity index (χ1) is 11.2. The lowest BCUT2D eigenvalue weighted by molar-refractivity contribution is -0.114. The van der Waals surface area contributed by atoms with Gasteiger partial charge in [0.05, 0.1) is 24.3 Å². The molecule has 0 fully saturated rings. The van der Waals surface area contributed by atoms with E-state index < -0.39 is 0 Å². The molecule has 6 nitrogen and oxygen atoms in total. The Labute approximate surface area is 132 Å². The molecule has 114 valence electrons. The highest BCUT2D eigenvalue weighted by Crippen LogP contribution is 2.35. The van der Waals surface area contributed by atoms with E-state index in [2.05, 4.69) is 10.3 Å². The van der Waals surface area contributed by atoms with Crippen molar-refractivity contribution in [2.75, 3.05) is 11.9 Å². The van der Waals surface area contributed by atoms with Crippen molar-refractivity contribution < 1.29 is 9.59 Å². The van der Waals surface area contributed by atoms with Crippen LogP contribution in [-0.2, 0) is 11.3 Å². The van der Waals surface area contributed by atoms with Gasteiger partial charge in [0.2, 0.25) is 5.91 Å². The molecule has 0 atom stereocenters. The van der Waals surface area contributed by atoms with Crippen LogP contribution in [0.25, 0.3) is 0 Å². The van der Waals surface area contributed by atoms with Crippen LogP contribution in [0, 0.1) is 0 Å². The number of nitrogens with two attached hydrogens (primary N) is 1. The molecule has 2 aromatic rings. The number of rotatable bonds is 2. The second-order valence-electron chi connectivity index (χ2n) is 5.47. The van der Waals surface area contributed by atoms with Crippen LogP contribution in [0.2, 0.25) is 0 Å². The fraction of sp³-hybridized carbons (Fsp3) is 0.118. The van der Waals surface area contributed by atoms with Crippen molar-refractivity contribution >= 4 is 29.0 Å². The minimum absolute atomic E-state index is 0.0404. The molecule has 0 radical (unpaired) electrons. The number of aliphatic imine (C=N–C) groups is 1. The highest BCUT2D eigenvalue weighted by atomic mass is 16.2. The maximum atomic E-state index is 12.5. The van der Waals surface area contributed by atoms with Crippen LogP contribution >= 0.6 is 0 Å². The van der Waals surface area contributed by atoms with Crippen LogP contribution < -0.4 is 11.1 Å². The van der Waals surface area contributed by atoms with Gasteiger partial charge in [0.1, 0.15) is 5.84 Å². The first-order valence-corrected chi connectivity index (χ1v) is 7.30. The minimum Gasteiger partial charge on any atom is -0.325 e. The summed E-state index contributed by atoms with van der Waals surface area (Å²) in [6.07, 6.45) is 0. The molecule has 0 spiro atoms. The van der Waals surface area contributed by atoms with E-state index in [1.165, 1.54) is 0 Å². The maximum Gasteiger partial charge on any atom is 0.260 e. The molecule has 3 N–H and O–H groups in total. The summed E-state index contributed by atoms with van der Waals surface area (Å²) in [6, 6.07) is 12.9. The first kappa shape index (κ1) is 13.7. The van der Waals surface area contributed by atoms with Crippen molar-refractivity contribution in [1.29, 1.82) is 0 Å². The molecule has 23 heavy (non-hydrogen) atoms. The average molecular weight is 306 g/mol. The molecule has 0 bridgehead atoms. The molecule has 2 amide bonds. The highest BCUT2D eigenvalue weighted by Gasteiger charge is 2.36. The van der Waals surface area contributed by atoms with Crippen LogP contribution in [0.5, 0.6) is 0 Å². The molecule has 2 heterocycles. The van der Waals surface area contributed by atoms with E-state index in [-0.39, 0.29) is 18.4 Å². The molecule has 0 saturated heterocycles. The van der Waals surface area contributed by atoms with Gasteiger partial charge in [0.25, 0.3) is 5.91 Å². The fourth-order valence-corrected chi connectivity index (χ4v) is 2.91. The Balaban J connectivity index is 1.74. The average Bonchev–Trinajstić information content (AvgIpc) is 2.85. The molecule has 4 rings (SSSR count). The normalized spacial score (nSPS) is 14.7. The predicted molar refractivity (Wildman–Crippen MR) is 86.6 cm³/mol. The third-order valence-corrected chi connectivity index (χ3v) is 4.00. The number of anilines is 1. The lowest BCUT2D eigenvalue weighted by atomic mass is 10.1. The van der Waals surface area contributed by atoms with E-state index >= 15 is 0 Å². The van der Waals surface area contributed by atoms with E-state index in [0.717, 1.165) is 16.8 Å². The van der Waals surface area contributed by atoms with Gasteiger partial charge in [0.15, 0.2) is 0 Å². The molecule has 2 aromatic carbocycles. The minimum atomic E-state index is -0.255. The van der Waals surface area contributed by atoms with Crippen molar-refractivity contribution in [3.05, 3.63) is 59.2 Å². The number of carbonyl (C=O) groups excluding carboxylic acids is 2. The molecule has 0 unspecified atom stereocenters. The van der Waals surface area contributed by atoms with E-state index in [1.807, 2.05) is 36.4 Å². The van der Waals surface area contributed by atoms with E-state index in [4.69, 9.17) is 5.73 Å². The van der Waals surface area contributed by atoms with Gasteiger partial charge in [-0.15, -0.1) is 0 Å². The Hall–Kier alpha value is -2.99. The molecule has 2 aliphatic rings. The molecule has 6 heteroatoms. The van der Waals surface area contributed by atoms with Gasteiger partial charge in [0, 0.05) is 11.3 Å².